The summed E-state index contributed by atoms with van der Waals surface area (Å²) in [6.45, 7) is 3.60. The number of nitrogens with zero attached hydrogens (tertiary/aromatic N) is 2. The molecule has 0 aromatic heterocycles. The zero-order valence-corrected chi connectivity index (χ0v) is 13.7. The molecule has 7 nitrogen and oxygen atoms in total. The van der Waals surface area contributed by atoms with Crippen LogP contribution in [0, 0.1) is 5.92 Å². The molecule has 0 aliphatic carbocycles. The van der Waals surface area contributed by atoms with Crippen LogP contribution in [0.3, 0.4) is 0 Å². The van der Waals surface area contributed by atoms with Crippen molar-refractivity contribution in [2.45, 2.75) is 45.1 Å². The van der Waals surface area contributed by atoms with E-state index in [2.05, 4.69) is 0 Å². The maximum atomic E-state index is 12.6. The van der Waals surface area contributed by atoms with Crippen molar-refractivity contribution in [1.82, 2.24) is 9.80 Å². The number of hydrogen-bond donors (Lipinski definition) is 1. The minimum atomic E-state index is -1.00. The minimum absolute atomic E-state index is 0.0526. The van der Waals surface area contributed by atoms with Gasteiger partial charge < -0.3 is 19.6 Å². The second-order valence-corrected chi connectivity index (χ2v) is 6.36. The van der Waals surface area contributed by atoms with Gasteiger partial charge in [-0.1, -0.05) is 0 Å². The Kier molecular flexibility index (Phi) is 6.38. The summed E-state index contributed by atoms with van der Waals surface area (Å²) in [5.74, 6) is -1.14. The van der Waals surface area contributed by atoms with Gasteiger partial charge in [-0.2, -0.15) is 0 Å². The first-order chi connectivity index (χ1) is 11.0. The molecule has 2 atom stereocenters. The highest BCUT2D eigenvalue weighted by atomic mass is 16.5. The fourth-order valence-corrected chi connectivity index (χ4v) is 3.45. The molecule has 0 saturated carbocycles. The summed E-state index contributed by atoms with van der Waals surface area (Å²) in [4.78, 5) is 38.5. The first-order valence-corrected chi connectivity index (χ1v) is 8.34. The first kappa shape index (κ1) is 17.7. The maximum absolute atomic E-state index is 12.6. The van der Waals surface area contributed by atoms with Crippen molar-refractivity contribution in [3.8, 4) is 0 Å². The number of ether oxygens (including phenoxy) is 1. The van der Waals surface area contributed by atoms with E-state index < -0.39 is 5.97 Å². The Balaban J connectivity index is 1.93. The predicted octanol–water partition coefficient (Wildman–Crippen LogP) is 0.727. The summed E-state index contributed by atoms with van der Waals surface area (Å²) in [7, 11) is 0. The Labute approximate surface area is 136 Å². The fourth-order valence-electron chi connectivity index (χ4n) is 3.45. The molecule has 0 bridgehead atoms. The number of aliphatic carboxylic acids is 1. The van der Waals surface area contributed by atoms with Crippen LogP contribution in [-0.2, 0) is 19.1 Å². The van der Waals surface area contributed by atoms with Crippen LogP contribution in [0.25, 0.3) is 0 Å². The highest BCUT2D eigenvalue weighted by molar-refractivity contribution is 5.80. The molecule has 2 heterocycles. The van der Waals surface area contributed by atoms with Crippen molar-refractivity contribution < 1.29 is 24.2 Å². The van der Waals surface area contributed by atoms with Gasteiger partial charge in [-0.3, -0.25) is 14.4 Å². The lowest BCUT2D eigenvalue weighted by Gasteiger charge is -2.30. The minimum Gasteiger partial charge on any atom is -0.480 e. The monoisotopic (exact) mass is 326 g/mol. The van der Waals surface area contributed by atoms with Crippen molar-refractivity contribution in [2.24, 2.45) is 5.92 Å². The Morgan fingerprint density at radius 3 is 2.57 bits per heavy atom. The summed E-state index contributed by atoms with van der Waals surface area (Å²) in [6, 6.07) is -0.107. The summed E-state index contributed by atoms with van der Waals surface area (Å²) < 4.78 is 5.39. The molecule has 2 amide bonds. The molecule has 0 spiro atoms. The lowest BCUT2D eigenvalue weighted by atomic mass is 10.0. The van der Waals surface area contributed by atoms with Crippen molar-refractivity contribution in [2.75, 3.05) is 32.8 Å². The zero-order valence-electron chi connectivity index (χ0n) is 13.7. The Morgan fingerprint density at radius 1 is 1.17 bits per heavy atom. The number of amides is 2. The van der Waals surface area contributed by atoms with Gasteiger partial charge in [0.1, 0.15) is 6.54 Å². The molecule has 0 aromatic carbocycles. The van der Waals surface area contributed by atoms with Gasteiger partial charge in [0.2, 0.25) is 11.8 Å². The molecule has 23 heavy (non-hydrogen) atoms. The molecular weight excluding hydrogens is 300 g/mol. The van der Waals surface area contributed by atoms with Gasteiger partial charge in [0, 0.05) is 32.7 Å². The Hall–Kier alpha value is -1.63. The van der Waals surface area contributed by atoms with E-state index in [0.717, 1.165) is 32.3 Å². The van der Waals surface area contributed by atoms with Crippen LogP contribution in [0.15, 0.2) is 0 Å². The molecule has 0 aromatic rings. The zero-order chi connectivity index (χ0) is 16.8. The molecule has 0 unspecified atom stereocenters. The van der Waals surface area contributed by atoms with E-state index in [4.69, 9.17) is 9.84 Å². The highest BCUT2D eigenvalue weighted by Crippen LogP contribution is 2.21. The lowest BCUT2D eigenvalue weighted by Crippen LogP contribution is -2.43. The molecule has 2 saturated heterocycles. The molecule has 1 N–H and O–H groups in total. The first-order valence-electron chi connectivity index (χ1n) is 8.34. The summed E-state index contributed by atoms with van der Waals surface area (Å²) in [5, 5.41) is 8.97. The van der Waals surface area contributed by atoms with Crippen molar-refractivity contribution in [1.29, 1.82) is 0 Å². The average molecular weight is 326 g/mol. The molecule has 0 radical (unpaired) electrons. The number of carbonyl (C=O) groups is 3. The van der Waals surface area contributed by atoms with E-state index in [-0.39, 0.29) is 30.3 Å². The average Bonchev–Trinajstić information content (AvgIpc) is 2.78. The van der Waals surface area contributed by atoms with Crippen LogP contribution in [0.5, 0.6) is 0 Å². The predicted molar refractivity (Wildman–Crippen MR) is 82.8 cm³/mol. The third-order valence-corrected chi connectivity index (χ3v) is 4.67. The van der Waals surface area contributed by atoms with E-state index in [1.54, 1.807) is 0 Å². The van der Waals surface area contributed by atoms with Gasteiger partial charge in [-0.25, -0.2) is 0 Å². The molecule has 2 fully saturated rings. The number of carbonyl (C=O) groups excluding carboxylic acids is 2. The highest BCUT2D eigenvalue weighted by Gasteiger charge is 2.31. The molecule has 2 aliphatic heterocycles. The van der Waals surface area contributed by atoms with Crippen LogP contribution in [0.2, 0.25) is 0 Å². The molecule has 2 aliphatic rings. The molecule has 2 rings (SSSR count). The second-order valence-electron chi connectivity index (χ2n) is 6.36. The summed E-state index contributed by atoms with van der Waals surface area (Å²) in [5.41, 5.74) is 0. The number of likely N-dealkylation sites (tertiary alicyclic amines) is 1. The van der Waals surface area contributed by atoms with Gasteiger partial charge in [0.05, 0.1) is 12.5 Å². The summed E-state index contributed by atoms with van der Waals surface area (Å²) >= 11 is 0. The fraction of sp³-hybridized carbons (Fsp3) is 0.812. The van der Waals surface area contributed by atoms with Crippen LogP contribution in [0.4, 0.5) is 0 Å². The quantitative estimate of drug-likeness (QED) is 0.823. The van der Waals surface area contributed by atoms with E-state index in [1.807, 2.05) is 4.90 Å². The maximum Gasteiger partial charge on any atom is 0.323 e. The standard InChI is InChI=1S/C16H26N2O5/c1-12(19)18(10-15(20)21)14-5-2-7-17(8-6-14)16(22)13-4-3-9-23-11-13/h13-14H,2-11H2,1H3,(H,20,21)/t13-,14+/m0/s1. The van der Waals surface area contributed by atoms with Crippen molar-refractivity contribution in [3.63, 3.8) is 0 Å². The van der Waals surface area contributed by atoms with Gasteiger partial charge in [-0.05, 0) is 32.1 Å². The normalized spacial score (nSPS) is 25.5. The third kappa shape index (κ3) is 4.92. The van der Waals surface area contributed by atoms with Crippen LogP contribution < -0.4 is 0 Å². The topological polar surface area (TPSA) is 87.2 Å². The van der Waals surface area contributed by atoms with E-state index in [9.17, 15) is 14.4 Å². The molecular formula is C16H26N2O5. The number of hydrogen-bond acceptors (Lipinski definition) is 4. The number of carboxylic acids is 1. The van der Waals surface area contributed by atoms with Crippen LogP contribution in [0.1, 0.15) is 39.0 Å². The van der Waals surface area contributed by atoms with Crippen LogP contribution >= 0.6 is 0 Å². The van der Waals surface area contributed by atoms with Crippen molar-refractivity contribution >= 4 is 17.8 Å². The van der Waals surface area contributed by atoms with Gasteiger partial charge in [-0.15, -0.1) is 0 Å². The van der Waals surface area contributed by atoms with Gasteiger partial charge in [0.25, 0.3) is 0 Å². The van der Waals surface area contributed by atoms with E-state index in [1.165, 1.54) is 11.8 Å². The van der Waals surface area contributed by atoms with E-state index in [0.29, 0.717) is 26.1 Å². The third-order valence-electron chi connectivity index (χ3n) is 4.67. The van der Waals surface area contributed by atoms with Crippen LogP contribution in [-0.4, -0.2) is 71.6 Å². The summed E-state index contributed by atoms with van der Waals surface area (Å²) in [6.07, 6.45) is 3.94. The molecule has 130 valence electrons. The largest absolute Gasteiger partial charge is 0.480 e. The Morgan fingerprint density at radius 2 is 1.96 bits per heavy atom. The van der Waals surface area contributed by atoms with Gasteiger partial charge >= 0.3 is 5.97 Å². The second kappa shape index (κ2) is 8.29. The van der Waals surface area contributed by atoms with E-state index >= 15 is 0 Å². The SMILES string of the molecule is CC(=O)N(CC(=O)O)[C@@H]1CCCN(C(=O)[C@H]2CCCOC2)CC1. The van der Waals surface area contributed by atoms with Gasteiger partial charge in [0.15, 0.2) is 0 Å². The van der Waals surface area contributed by atoms with Crippen molar-refractivity contribution in [3.05, 3.63) is 0 Å². The smallest absolute Gasteiger partial charge is 0.323 e. The molecule has 7 heteroatoms. The lowest BCUT2D eigenvalue weighted by molar-refractivity contribution is -0.145. The number of carboxylic acid groups (broad SMARTS) is 1. The number of rotatable bonds is 4. The Bertz CT molecular complexity index is 448.